The Bertz CT molecular complexity index is 583. The van der Waals surface area contributed by atoms with E-state index in [0.717, 1.165) is 13.0 Å². The van der Waals surface area contributed by atoms with Gasteiger partial charge in [-0.05, 0) is 20.0 Å². The number of hydrogen-bond acceptors (Lipinski definition) is 5. The van der Waals surface area contributed by atoms with Crippen LogP contribution in [-0.4, -0.2) is 60.4 Å². The third-order valence-electron chi connectivity index (χ3n) is 3.19. The minimum atomic E-state index is -3.59. The van der Waals surface area contributed by atoms with Gasteiger partial charge in [-0.25, -0.2) is 13.1 Å². The molecule has 1 fully saturated rings. The van der Waals surface area contributed by atoms with Crippen LogP contribution >= 0.6 is 0 Å². The molecule has 2 rings (SSSR count). The zero-order chi connectivity index (χ0) is 14.8. The predicted octanol–water partition coefficient (Wildman–Crippen LogP) is -0.660. The van der Waals surface area contributed by atoms with E-state index in [9.17, 15) is 13.2 Å². The van der Waals surface area contributed by atoms with Gasteiger partial charge in [0.25, 0.3) is 0 Å². The van der Waals surface area contributed by atoms with Crippen molar-refractivity contribution in [3.05, 3.63) is 12.4 Å². The smallest absolute Gasteiger partial charge is 0.305 e. The van der Waals surface area contributed by atoms with Crippen LogP contribution in [0.5, 0.6) is 0 Å². The molecule has 0 radical (unpaired) electrons. The molecule has 8 nitrogen and oxygen atoms in total. The molecule has 112 valence electrons. The Morgan fingerprint density at radius 1 is 1.60 bits per heavy atom. The van der Waals surface area contributed by atoms with E-state index in [2.05, 4.69) is 14.7 Å². The van der Waals surface area contributed by atoms with Crippen LogP contribution in [0, 0.1) is 0 Å². The van der Waals surface area contributed by atoms with Gasteiger partial charge in [-0.1, -0.05) is 0 Å². The van der Waals surface area contributed by atoms with E-state index in [1.54, 1.807) is 0 Å². The molecule has 1 atom stereocenters. The SMILES string of the molecule is CN1CCC(NS(=O)(=O)c2cnn(CCC(=O)O)c2)C1. The zero-order valence-electron chi connectivity index (χ0n) is 11.2. The number of likely N-dealkylation sites (tertiary alicyclic amines) is 1. The van der Waals surface area contributed by atoms with Crippen molar-refractivity contribution in [2.75, 3.05) is 20.1 Å². The Labute approximate surface area is 117 Å². The predicted molar refractivity (Wildman–Crippen MR) is 70.7 cm³/mol. The second kappa shape index (κ2) is 5.90. The number of carbonyl (C=O) groups is 1. The maximum atomic E-state index is 12.1. The number of hydrogen-bond donors (Lipinski definition) is 2. The first-order valence-electron chi connectivity index (χ1n) is 6.32. The van der Waals surface area contributed by atoms with E-state index in [-0.39, 0.29) is 23.9 Å². The van der Waals surface area contributed by atoms with Crippen LogP contribution in [0.1, 0.15) is 12.8 Å². The number of nitrogens with zero attached hydrogens (tertiary/aromatic N) is 3. The summed E-state index contributed by atoms with van der Waals surface area (Å²) in [5, 5.41) is 12.4. The fraction of sp³-hybridized carbons (Fsp3) is 0.636. The highest BCUT2D eigenvalue weighted by atomic mass is 32.2. The van der Waals surface area contributed by atoms with Crippen molar-refractivity contribution in [1.82, 2.24) is 19.4 Å². The Hall–Kier alpha value is -1.45. The lowest BCUT2D eigenvalue weighted by Gasteiger charge is -2.12. The average Bonchev–Trinajstić information content (AvgIpc) is 2.95. The third kappa shape index (κ3) is 3.78. The fourth-order valence-corrected chi connectivity index (χ4v) is 3.35. The van der Waals surface area contributed by atoms with Crippen molar-refractivity contribution in [2.45, 2.75) is 30.3 Å². The summed E-state index contributed by atoms with van der Waals surface area (Å²) in [4.78, 5) is 12.6. The van der Waals surface area contributed by atoms with Crippen molar-refractivity contribution in [2.24, 2.45) is 0 Å². The van der Waals surface area contributed by atoms with Crippen molar-refractivity contribution in [1.29, 1.82) is 0 Å². The monoisotopic (exact) mass is 302 g/mol. The quantitative estimate of drug-likeness (QED) is 0.723. The number of aromatic nitrogens is 2. The highest BCUT2D eigenvalue weighted by Gasteiger charge is 2.26. The molecule has 0 aromatic carbocycles. The molecule has 1 aliphatic heterocycles. The first-order valence-corrected chi connectivity index (χ1v) is 7.80. The molecule has 1 aromatic rings. The minimum absolute atomic E-state index is 0.0671. The van der Waals surface area contributed by atoms with Crippen LogP contribution < -0.4 is 4.72 Å². The van der Waals surface area contributed by atoms with Crippen LogP contribution in [-0.2, 0) is 21.4 Å². The van der Waals surface area contributed by atoms with Gasteiger partial charge in [0.05, 0.1) is 19.2 Å². The molecule has 2 heterocycles. The topological polar surface area (TPSA) is 105 Å². The molecule has 1 unspecified atom stereocenters. The van der Waals surface area contributed by atoms with Gasteiger partial charge in [0, 0.05) is 18.8 Å². The van der Waals surface area contributed by atoms with Gasteiger partial charge >= 0.3 is 5.97 Å². The molecule has 20 heavy (non-hydrogen) atoms. The van der Waals surface area contributed by atoms with E-state index in [1.165, 1.54) is 17.1 Å². The number of rotatable bonds is 6. The maximum Gasteiger partial charge on any atom is 0.305 e. The van der Waals surface area contributed by atoms with Crippen molar-refractivity contribution >= 4 is 16.0 Å². The Balaban J connectivity index is 2.00. The van der Waals surface area contributed by atoms with E-state index in [0.29, 0.717) is 6.54 Å². The standard InChI is InChI=1S/C11H18N4O4S/c1-14-4-2-9(7-14)13-20(18,19)10-6-12-15(8-10)5-3-11(16)17/h6,8-9,13H,2-5,7H2,1H3,(H,16,17). The molecule has 9 heteroatoms. The molecule has 0 aliphatic carbocycles. The molecular formula is C11H18N4O4S. The molecule has 2 N–H and O–H groups in total. The van der Waals surface area contributed by atoms with Crippen molar-refractivity contribution in [3.8, 4) is 0 Å². The number of aliphatic carboxylic acids is 1. The molecule has 1 aromatic heterocycles. The normalized spacial score (nSPS) is 20.4. The summed E-state index contributed by atoms with van der Waals surface area (Å²) in [5.74, 6) is -0.947. The maximum absolute atomic E-state index is 12.1. The van der Waals surface area contributed by atoms with E-state index in [1.807, 2.05) is 7.05 Å². The first kappa shape index (κ1) is 14.9. The van der Waals surface area contributed by atoms with Gasteiger partial charge in [0.15, 0.2) is 0 Å². The number of carboxylic acids is 1. The van der Waals surface area contributed by atoms with E-state index < -0.39 is 16.0 Å². The van der Waals surface area contributed by atoms with Crippen molar-refractivity contribution < 1.29 is 18.3 Å². The molecular weight excluding hydrogens is 284 g/mol. The van der Waals surface area contributed by atoms with Gasteiger partial charge < -0.3 is 10.0 Å². The van der Waals surface area contributed by atoms with Crippen LogP contribution in [0.2, 0.25) is 0 Å². The van der Waals surface area contributed by atoms with E-state index >= 15 is 0 Å². The van der Waals surface area contributed by atoms with Crippen LogP contribution in [0.15, 0.2) is 17.3 Å². The summed E-state index contributed by atoms with van der Waals surface area (Å²) >= 11 is 0. The summed E-state index contributed by atoms with van der Waals surface area (Å²) in [6.07, 6.45) is 3.28. The summed E-state index contributed by atoms with van der Waals surface area (Å²) in [7, 11) is -1.65. The molecule has 1 saturated heterocycles. The lowest BCUT2D eigenvalue weighted by molar-refractivity contribution is -0.137. The largest absolute Gasteiger partial charge is 0.481 e. The molecule has 0 saturated carbocycles. The van der Waals surface area contributed by atoms with Gasteiger partial charge in [-0.15, -0.1) is 0 Å². The zero-order valence-corrected chi connectivity index (χ0v) is 12.0. The number of likely N-dealkylation sites (N-methyl/N-ethyl adjacent to an activating group) is 1. The van der Waals surface area contributed by atoms with Crippen LogP contribution in [0.3, 0.4) is 0 Å². The molecule has 0 bridgehead atoms. The second-order valence-electron chi connectivity index (χ2n) is 4.95. The highest BCUT2D eigenvalue weighted by Crippen LogP contribution is 2.12. The number of sulfonamides is 1. The Morgan fingerprint density at radius 2 is 2.35 bits per heavy atom. The average molecular weight is 302 g/mol. The lowest BCUT2D eigenvalue weighted by atomic mass is 10.3. The second-order valence-corrected chi connectivity index (χ2v) is 6.67. The van der Waals surface area contributed by atoms with Gasteiger partial charge in [-0.2, -0.15) is 5.10 Å². The number of carboxylic acid groups (broad SMARTS) is 1. The van der Waals surface area contributed by atoms with Crippen LogP contribution in [0.4, 0.5) is 0 Å². The summed E-state index contributed by atoms with van der Waals surface area (Å²) in [5.41, 5.74) is 0. The third-order valence-corrected chi connectivity index (χ3v) is 4.66. The summed E-state index contributed by atoms with van der Waals surface area (Å²) in [6, 6.07) is -0.0904. The molecule has 0 spiro atoms. The van der Waals surface area contributed by atoms with Gasteiger partial charge in [0.1, 0.15) is 4.90 Å². The summed E-state index contributed by atoms with van der Waals surface area (Å²) in [6.45, 7) is 1.70. The first-order chi connectivity index (χ1) is 9.37. The number of nitrogens with one attached hydrogen (secondary N) is 1. The fourth-order valence-electron chi connectivity index (χ4n) is 2.13. The van der Waals surface area contributed by atoms with Gasteiger partial charge in [0.2, 0.25) is 10.0 Å². The van der Waals surface area contributed by atoms with Crippen molar-refractivity contribution in [3.63, 3.8) is 0 Å². The van der Waals surface area contributed by atoms with Crippen LogP contribution in [0.25, 0.3) is 0 Å². The highest BCUT2D eigenvalue weighted by molar-refractivity contribution is 7.89. The summed E-state index contributed by atoms with van der Waals surface area (Å²) < 4.78 is 28.3. The minimum Gasteiger partial charge on any atom is -0.481 e. The lowest BCUT2D eigenvalue weighted by Crippen LogP contribution is -2.36. The molecule has 1 aliphatic rings. The molecule has 0 amide bonds. The van der Waals surface area contributed by atoms with Gasteiger partial charge in [-0.3, -0.25) is 9.48 Å². The Kier molecular flexibility index (Phi) is 4.41. The Morgan fingerprint density at radius 3 is 2.95 bits per heavy atom. The van der Waals surface area contributed by atoms with E-state index in [4.69, 9.17) is 5.11 Å². The number of aryl methyl sites for hydroxylation is 1.